The van der Waals surface area contributed by atoms with Gasteiger partial charge in [0.15, 0.2) is 0 Å². The van der Waals surface area contributed by atoms with E-state index < -0.39 is 5.41 Å². The van der Waals surface area contributed by atoms with Gasteiger partial charge in [0.05, 0.1) is 17.8 Å². The molecule has 1 atom stereocenters. The third-order valence-corrected chi connectivity index (χ3v) is 5.29. The van der Waals surface area contributed by atoms with Gasteiger partial charge in [0.25, 0.3) is 0 Å². The molecule has 1 aliphatic rings. The molecule has 2 aromatic rings. The third-order valence-electron chi connectivity index (χ3n) is 4.90. The third kappa shape index (κ3) is 2.95. The van der Waals surface area contributed by atoms with Crippen LogP contribution in [-0.2, 0) is 14.9 Å². The van der Waals surface area contributed by atoms with Gasteiger partial charge in [-0.25, -0.2) is 4.39 Å². The smallest absolute Gasteiger partial charge is 0.320 e. The first-order chi connectivity index (χ1) is 11.9. The average molecular weight is 360 g/mol. The van der Waals surface area contributed by atoms with Crippen molar-refractivity contribution in [2.75, 3.05) is 7.11 Å². The standard InChI is InChI=1S/C20H19ClFNO2/c1-12-16(5-4-6-18(12)22)20(19(24)25-3)8-7-14(10-20)15-9-17(21)13(2)23-11-15/h4-6,9-11H,7-8H2,1-3H3/t20-/m0/s1. The number of hydrogen-bond acceptors (Lipinski definition) is 3. The zero-order chi connectivity index (χ0) is 18.2. The van der Waals surface area contributed by atoms with E-state index in [1.54, 1.807) is 25.3 Å². The molecule has 1 aromatic heterocycles. The number of ether oxygens (including phenoxy) is 1. The highest BCUT2D eigenvalue weighted by molar-refractivity contribution is 6.31. The molecule has 3 rings (SSSR count). The fourth-order valence-electron chi connectivity index (χ4n) is 3.44. The number of carbonyl (C=O) groups is 1. The van der Waals surface area contributed by atoms with Crippen molar-refractivity contribution in [3.8, 4) is 0 Å². The molecule has 0 amide bonds. The molecule has 1 aliphatic carbocycles. The Labute approximate surface area is 151 Å². The molecule has 130 valence electrons. The summed E-state index contributed by atoms with van der Waals surface area (Å²) in [6, 6.07) is 6.65. The van der Waals surface area contributed by atoms with Crippen molar-refractivity contribution in [3.63, 3.8) is 0 Å². The maximum atomic E-state index is 14.1. The Balaban J connectivity index is 2.15. The lowest BCUT2D eigenvalue weighted by Crippen LogP contribution is -2.34. The van der Waals surface area contributed by atoms with Gasteiger partial charge in [0.1, 0.15) is 11.2 Å². The topological polar surface area (TPSA) is 39.2 Å². The minimum atomic E-state index is -0.992. The second kappa shape index (κ2) is 6.60. The van der Waals surface area contributed by atoms with Gasteiger partial charge in [-0.05, 0) is 61.1 Å². The molecule has 0 saturated carbocycles. The first-order valence-electron chi connectivity index (χ1n) is 8.07. The van der Waals surface area contributed by atoms with Gasteiger partial charge in [0.2, 0.25) is 0 Å². The Morgan fingerprint density at radius 3 is 2.80 bits per heavy atom. The van der Waals surface area contributed by atoms with Gasteiger partial charge < -0.3 is 4.74 Å². The fraction of sp³-hybridized carbons (Fsp3) is 0.300. The zero-order valence-corrected chi connectivity index (χ0v) is 15.2. The number of esters is 1. The number of rotatable bonds is 3. The molecule has 0 bridgehead atoms. The predicted octanol–water partition coefficient (Wildman–Crippen LogP) is 4.78. The number of hydrogen-bond donors (Lipinski definition) is 0. The lowest BCUT2D eigenvalue weighted by atomic mass is 9.77. The highest BCUT2D eigenvalue weighted by Crippen LogP contribution is 2.45. The van der Waals surface area contributed by atoms with Gasteiger partial charge in [-0.2, -0.15) is 0 Å². The number of methoxy groups -OCH3 is 1. The van der Waals surface area contributed by atoms with Crippen LogP contribution in [0.15, 0.2) is 36.5 Å². The van der Waals surface area contributed by atoms with Crippen molar-refractivity contribution in [2.45, 2.75) is 32.1 Å². The maximum absolute atomic E-state index is 14.1. The van der Waals surface area contributed by atoms with Crippen LogP contribution in [0, 0.1) is 19.7 Å². The quantitative estimate of drug-likeness (QED) is 0.740. The number of benzene rings is 1. The summed E-state index contributed by atoms with van der Waals surface area (Å²) in [6.07, 6.45) is 4.80. The van der Waals surface area contributed by atoms with E-state index in [-0.39, 0.29) is 11.8 Å². The summed E-state index contributed by atoms with van der Waals surface area (Å²) in [4.78, 5) is 17.0. The first-order valence-corrected chi connectivity index (χ1v) is 8.45. The normalized spacial score (nSPS) is 19.6. The molecular weight excluding hydrogens is 341 g/mol. The molecule has 0 saturated heterocycles. The van der Waals surface area contributed by atoms with Crippen molar-refractivity contribution < 1.29 is 13.9 Å². The summed E-state index contributed by atoms with van der Waals surface area (Å²) in [5.41, 5.74) is 2.70. The van der Waals surface area contributed by atoms with Crippen LogP contribution in [0.2, 0.25) is 5.02 Å². The fourth-order valence-corrected chi connectivity index (χ4v) is 3.61. The molecule has 1 aromatic carbocycles. The number of aryl methyl sites for hydroxylation is 1. The number of halogens is 2. The van der Waals surface area contributed by atoms with E-state index in [2.05, 4.69) is 4.98 Å². The molecule has 0 spiro atoms. The largest absolute Gasteiger partial charge is 0.468 e. The van der Waals surface area contributed by atoms with Crippen LogP contribution < -0.4 is 0 Å². The monoisotopic (exact) mass is 359 g/mol. The van der Waals surface area contributed by atoms with E-state index in [0.29, 0.717) is 29.0 Å². The number of nitrogens with zero attached hydrogens (tertiary/aromatic N) is 1. The van der Waals surface area contributed by atoms with E-state index in [9.17, 15) is 9.18 Å². The lowest BCUT2D eigenvalue weighted by molar-refractivity contribution is -0.145. The predicted molar refractivity (Wildman–Crippen MR) is 96.0 cm³/mol. The highest BCUT2D eigenvalue weighted by Gasteiger charge is 2.44. The van der Waals surface area contributed by atoms with Gasteiger partial charge in [-0.15, -0.1) is 0 Å². The van der Waals surface area contributed by atoms with Crippen LogP contribution in [-0.4, -0.2) is 18.1 Å². The van der Waals surface area contributed by atoms with Crippen LogP contribution in [0.25, 0.3) is 5.57 Å². The minimum absolute atomic E-state index is 0.331. The van der Waals surface area contributed by atoms with Crippen LogP contribution >= 0.6 is 11.6 Å². The lowest BCUT2D eigenvalue weighted by Gasteiger charge is -2.26. The van der Waals surface area contributed by atoms with Crippen LogP contribution in [0.3, 0.4) is 0 Å². The summed E-state index contributed by atoms with van der Waals surface area (Å²) in [5, 5.41) is 0.580. The molecular formula is C20H19ClFNO2. The van der Waals surface area contributed by atoms with Crippen molar-refractivity contribution in [1.29, 1.82) is 0 Å². The number of pyridine rings is 1. The highest BCUT2D eigenvalue weighted by atomic mass is 35.5. The molecule has 25 heavy (non-hydrogen) atoms. The van der Waals surface area contributed by atoms with Gasteiger partial charge >= 0.3 is 5.97 Å². The molecule has 0 fully saturated rings. The molecule has 3 nitrogen and oxygen atoms in total. The Hall–Kier alpha value is -2.20. The Morgan fingerprint density at radius 2 is 2.12 bits per heavy atom. The number of allylic oxidation sites excluding steroid dienone is 1. The Bertz CT molecular complexity index is 878. The zero-order valence-electron chi connectivity index (χ0n) is 14.4. The molecule has 5 heteroatoms. The average Bonchev–Trinajstić information content (AvgIpc) is 3.05. The van der Waals surface area contributed by atoms with Crippen molar-refractivity contribution in [1.82, 2.24) is 4.98 Å². The first kappa shape index (κ1) is 17.6. The van der Waals surface area contributed by atoms with Gasteiger partial charge in [-0.1, -0.05) is 29.8 Å². The van der Waals surface area contributed by atoms with Gasteiger partial charge in [0, 0.05) is 6.20 Å². The van der Waals surface area contributed by atoms with Crippen molar-refractivity contribution in [2.24, 2.45) is 0 Å². The SMILES string of the molecule is COC(=O)[C@]1(c2cccc(F)c2C)C=C(c2cnc(C)c(Cl)c2)CC1. The van der Waals surface area contributed by atoms with Crippen molar-refractivity contribution in [3.05, 3.63) is 69.8 Å². The Kier molecular flexibility index (Phi) is 4.65. The van der Waals surface area contributed by atoms with Gasteiger partial charge in [-0.3, -0.25) is 9.78 Å². The summed E-state index contributed by atoms with van der Waals surface area (Å²) >= 11 is 6.19. The number of carbonyl (C=O) groups excluding carboxylic acids is 1. The molecule has 1 heterocycles. The van der Waals surface area contributed by atoms with E-state index in [1.807, 2.05) is 19.1 Å². The maximum Gasteiger partial charge on any atom is 0.320 e. The van der Waals surface area contributed by atoms with Crippen LogP contribution in [0.4, 0.5) is 4.39 Å². The minimum Gasteiger partial charge on any atom is -0.468 e. The summed E-state index contributed by atoms with van der Waals surface area (Å²) in [5.74, 6) is -0.718. The molecule has 0 N–H and O–H groups in total. The van der Waals surface area contributed by atoms with E-state index in [0.717, 1.165) is 16.8 Å². The van der Waals surface area contributed by atoms with E-state index >= 15 is 0 Å². The van der Waals surface area contributed by atoms with E-state index in [4.69, 9.17) is 16.3 Å². The number of aromatic nitrogens is 1. The molecule has 0 radical (unpaired) electrons. The Morgan fingerprint density at radius 1 is 1.36 bits per heavy atom. The second-order valence-electron chi connectivity index (χ2n) is 6.34. The van der Waals surface area contributed by atoms with E-state index in [1.165, 1.54) is 13.2 Å². The van der Waals surface area contributed by atoms with Crippen LogP contribution in [0.1, 0.15) is 35.2 Å². The summed E-state index contributed by atoms with van der Waals surface area (Å²) in [6.45, 7) is 3.52. The summed E-state index contributed by atoms with van der Waals surface area (Å²) < 4.78 is 19.2. The molecule has 0 unspecified atom stereocenters. The summed E-state index contributed by atoms with van der Waals surface area (Å²) in [7, 11) is 1.36. The van der Waals surface area contributed by atoms with Crippen molar-refractivity contribution >= 4 is 23.1 Å². The van der Waals surface area contributed by atoms with Crippen LogP contribution in [0.5, 0.6) is 0 Å². The molecule has 0 aliphatic heterocycles. The second-order valence-corrected chi connectivity index (χ2v) is 6.74.